The van der Waals surface area contributed by atoms with Crippen LogP contribution in [0.15, 0.2) is 18.2 Å². The second-order valence-electron chi connectivity index (χ2n) is 3.65. The van der Waals surface area contributed by atoms with Gasteiger partial charge in [0.25, 0.3) is 0 Å². The maximum Gasteiger partial charge on any atom is 0.336 e. The van der Waals surface area contributed by atoms with Gasteiger partial charge in [-0.2, -0.15) is 0 Å². The number of benzene rings is 1. The average molecular weight is 221 g/mol. The zero-order valence-electron chi connectivity index (χ0n) is 9.19. The smallest absolute Gasteiger partial charge is 0.336 e. The highest BCUT2D eigenvalue weighted by Crippen LogP contribution is 2.14. The first-order valence-corrected chi connectivity index (χ1v) is 5.22. The molecular weight excluding hydrogens is 206 g/mol. The van der Waals surface area contributed by atoms with Crippen molar-refractivity contribution in [1.82, 2.24) is 0 Å². The quantitative estimate of drug-likeness (QED) is 0.795. The maximum atomic E-state index is 11.1. The molecule has 0 atom stereocenters. The van der Waals surface area contributed by atoms with E-state index in [9.17, 15) is 9.59 Å². The Morgan fingerprint density at radius 2 is 2.00 bits per heavy atom. The van der Waals surface area contributed by atoms with Crippen LogP contribution in [0, 0.1) is 0 Å². The van der Waals surface area contributed by atoms with Gasteiger partial charge in [0, 0.05) is 0 Å². The van der Waals surface area contributed by atoms with Crippen molar-refractivity contribution < 1.29 is 14.7 Å². The fourth-order valence-electron chi connectivity index (χ4n) is 1.52. The Balaban J connectivity index is 3.07. The summed E-state index contributed by atoms with van der Waals surface area (Å²) >= 11 is 0. The highest BCUT2D eigenvalue weighted by molar-refractivity contribution is 6.04. The summed E-state index contributed by atoms with van der Waals surface area (Å²) in [5.74, 6) is -1.83. The van der Waals surface area contributed by atoms with Crippen LogP contribution in [0.2, 0.25) is 0 Å². The van der Waals surface area contributed by atoms with Gasteiger partial charge in [0.15, 0.2) is 0 Å². The summed E-state index contributed by atoms with van der Waals surface area (Å²) in [7, 11) is 0. The number of primary amides is 1. The minimum Gasteiger partial charge on any atom is -0.478 e. The van der Waals surface area contributed by atoms with Crippen LogP contribution in [-0.4, -0.2) is 17.0 Å². The lowest BCUT2D eigenvalue weighted by Crippen LogP contribution is -2.16. The van der Waals surface area contributed by atoms with Gasteiger partial charge in [0.05, 0.1) is 11.1 Å². The van der Waals surface area contributed by atoms with Gasteiger partial charge in [-0.1, -0.05) is 19.4 Å². The number of hydrogen-bond donors (Lipinski definition) is 2. The maximum absolute atomic E-state index is 11.1. The molecule has 4 nitrogen and oxygen atoms in total. The minimum absolute atomic E-state index is 0.0345. The number of amides is 1. The zero-order valence-corrected chi connectivity index (χ0v) is 9.19. The van der Waals surface area contributed by atoms with Crippen molar-refractivity contribution >= 4 is 11.9 Å². The standard InChI is InChI=1S/C12H15NO3/c1-2-3-4-8-5-6-9(12(15)16)10(7-8)11(13)14/h5-7H,2-4H2,1H3,(H2,13,14)(H,15,16). The monoisotopic (exact) mass is 221 g/mol. The average Bonchev–Trinajstić information content (AvgIpc) is 2.25. The number of carboxylic acid groups (broad SMARTS) is 1. The number of aromatic carboxylic acids is 1. The Morgan fingerprint density at radius 3 is 2.50 bits per heavy atom. The second-order valence-corrected chi connectivity index (χ2v) is 3.65. The van der Waals surface area contributed by atoms with Gasteiger partial charge in [-0.05, 0) is 30.5 Å². The van der Waals surface area contributed by atoms with Crippen LogP contribution in [0.5, 0.6) is 0 Å². The lowest BCUT2D eigenvalue weighted by Gasteiger charge is -2.05. The third kappa shape index (κ3) is 2.82. The van der Waals surface area contributed by atoms with E-state index in [-0.39, 0.29) is 11.1 Å². The van der Waals surface area contributed by atoms with Crippen LogP contribution >= 0.6 is 0 Å². The van der Waals surface area contributed by atoms with Crippen molar-refractivity contribution in [2.24, 2.45) is 5.73 Å². The van der Waals surface area contributed by atoms with Crippen LogP contribution in [0.1, 0.15) is 46.0 Å². The highest BCUT2D eigenvalue weighted by atomic mass is 16.4. The number of carbonyl (C=O) groups excluding carboxylic acids is 1. The molecule has 0 aliphatic heterocycles. The summed E-state index contributed by atoms with van der Waals surface area (Å²) in [6.45, 7) is 2.07. The second kappa shape index (κ2) is 5.30. The molecule has 1 aromatic carbocycles. The van der Waals surface area contributed by atoms with E-state index in [1.807, 2.05) is 0 Å². The van der Waals surface area contributed by atoms with Gasteiger partial charge < -0.3 is 10.8 Å². The Labute approximate surface area is 94.1 Å². The molecule has 0 unspecified atom stereocenters. The van der Waals surface area contributed by atoms with Gasteiger partial charge in [-0.3, -0.25) is 4.79 Å². The van der Waals surface area contributed by atoms with E-state index in [2.05, 4.69) is 6.92 Å². The van der Waals surface area contributed by atoms with Crippen LogP contribution in [0.3, 0.4) is 0 Å². The van der Waals surface area contributed by atoms with Gasteiger partial charge in [-0.15, -0.1) is 0 Å². The number of aryl methyl sites for hydroxylation is 1. The number of carbonyl (C=O) groups is 2. The van der Waals surface area contributed by atoms with Gasteiger partial charge >= 0.3 is 5.97 Å². The van der Waals surface area contributed by atoms with Gasteiger partial charge in [0.2, 0.25) is 5.91 Å². The topological polar surface area (TPSA) is 80.4 Å². The van der Waals surface area contributed by atoms with E-state index in [0.717, 1.165) is 24.8 Å². The first kappa shape index (κ1) is 12.2. The molecule has 0 heterocycles. The Morgan fingerprint density at radius 1 is 1.31 bits per heavy atom. The van der Waals surface area contributed by atoms with E-state index in [4.69, 9.17) is 10.8 Å². The molecule has 86 valence electrons. The number of carboxylic acids is 1. The molecule has 0 aromatic heterocycles. The molecule has 4 heteroatoms. The molecule has 0 bridgehead atoms. The van der Waals surface area contributed by atoms with Crippen LogP contribution in [-0.2, 0) is 6.42 Å². The van der Waals surface area contributed by atoms with Gasteiger partial charge in [0.1, 0.15) is 0 Å². The van der Waals surface area contributed by atoms with E-state index in [1.54, 1.807) is 12.1 Å². The molecule has 0 radical (unpaired) electrons. The summed E-state index contributed by atoms with van der Waals surface area (Å²) in [5.41, 5.74) is 6.14. The molecule has 0 saturated carbocycles. The van der Waals surface area contributed by atoms with Crippen LogP contribution < -0.4 is 5.73 Å². The molecule has 0 saturated heterocycles. The summed E-state index contributed by atoms with van der Waals surface area (Å²) in [4.78, 5) is 22.0. The molecular formula is C12H15NO3. The third-order valence-electron chi connectivity index (χ3n) is 2.40. The molecule has 3 N–H and O–H groups in total. The first-order valence-electron chi connectivity index (χ1n) is 5.22. The molecule has 1 amide bonds. The normalized spacial score (nSPS) is 10.1. The van der Waals surface area contributed by atoms with Gasteiger partial charge in [-0.25, -0.2) is 4.79 Å². The SMILES string of the molecule is CCCCc1ccc(C(=O)O)c(C(N)=O)c1. The zero-order chi connectivity index (χ0) is 12.1. The Hall–Kier alpha value is -1.84. The molecule has 1 rings (SSSR count). The molecule has 0 aliphatic carbocycles. The van der Waals surface area contributed by atoms with Crippen molar-refractivity contribution in [3.8, 4) is 0 Å². The molecule has 0 fully saturated rings. The van der Waals surface area contributed by atoms with E-state index in [1.165, 1.54) is 6.07 Å². The van der Waals surface area contributed by atoms with E-state index < -0.39 is 11.9 Å². The largest absolute Gasteiger partial charge is 0.478 e. The third-order valence-corrected chi connectivity index (χ3v) is 2.40. The Bertz CT molecular complexity index is 413. The predicted molar refractivity (Wildman–Crippen MR) is 60.5 cm³/mol. The molecule has 0 aliphatic rings. The summed E-state index contributed by atoms with van der Waals surface area (Å²) in [5, 5.41) is 8.87. The van der Waals surface area contributed by atoms with Crippen molar-refractivity contribution in [1.29, 1.82) is 0 Å². The first-order chi connectivity index (χ1) is 7.56. The molecule has 0 spiro atoms. The van der Waals surface area contributed by atoms with E-state index >= 15 is 0 Å². The van der Waals surface area contributed by atoms with E-state index in [0.29, 0.717) is 0 Å². The fourth-order valence-corrected chi connectivity index (χ4v) is 1.52. The fraction of sp³-hybridized carbons (Fsp3) is 0.333. The van der Waals surface area contributed by atoms with Crippen molar-refractivity contribution in [3.63, 3.8) is 0 Å². The number of unbranched alkanes of at least 4 members (excludes halogenated alkanes) is 1. The number of rotatable bonds is 5. The molecule has 1 aromatic rings. The van der Waals surface area contributed by atoms with Crippen molar-refractivity contribution in [2.45, 2.75) is 26.2 Å². The van der Waals surface area contributed by atoms with Crippen LogP contribution in [0.25, 0.3) is 0 Å². The number of nitrogens with two attached hydrogens (primary N) is 1. The van der Waals surface area contributed by atoms with Crippen molar-refractivity contribution in [2.75, 3.05) is 0 Å². The summed E-state index contributed by atoms with van der Waals surface area (Å²) < 4.78 is 0. The Kier molecular flexibility index (Phi) is 4.05. The molecule has 16 heavy (non-hydrogen) atoms. The summed E-state index contributed by atoms with van der Waals surface area (Å²) in [6.07, 6.45) is 2.88. The van der Waals surface area contributed by atoms with Crippen molar-refractivity contribution in [3.05, 3.63) is 34.9 Å². The number of hydrogen-bond acceptors (Lipinski definition) is 2. The van der Waals surface area contributed by atoms with Crippen LogP contribution in [0.4, 0.5) is 0 Å². The highest BCUT2D eigenvalue weighted by Gasteiger charge is 2.14. The summed E-state index contributed by atoms with van der Waals surface area (Å²) in [6, 6.07) is 4.74. The predicted octanol–water partition coefficient (Wildman–Crippen LogP) is 1.83. The lowest BCUT2D eigenvalue weighted by molar-refractivity contribution is 0.0692. The lowest BCUT2D eigenvalue weighted by atomic mass is 10.0. The minimum atomic E-state index is -1.13.